The summed E-state index contributed by atoms with van der Waals surface area (Å²) in [5.41, 5.74) is 2.32. The molecule has 0 saturated heterocycles. The SMILES string of the molecule is COc1ccccc1C(Sc1ncn[nH]1)c1ccccc1. The van der Waals surface area contributed by atoms with Gasteiger partial charge in [-0.25, -0.2) is 4.98 Å². The number of hydrogen-bond donors (Lipinski definition) is 1. The van der Waals surface area contributed by atoms with Crippen LogP contribution in [0, 0.1) is 0 Å². The highest BCUT2D eigenvalue weighted by molar-refractivity contribution is 7.99. The number of benzene rings is 2. The van der Waals surface area contributed by atoms with Gasteiger partial charge in [0.1, 0.15) is 12.1 Å². The molecule has 4 nitrogen and oxygen atoms in total. The lowest BCUT2D eigenvalue weighted by Gasteiger charge is -2.18. The fourth-order valence-corrected chi connectivity index (χ4v) is 3.24. The number of nitrogens with zero attached hydrogens (tertiary/aromatic N) is 2. The summed E-state index contributed by atoms with van der Waals surface area (Å²) in [6, 6.07) is 18.4. The molecule has 3 aromatic rings. The first-order chi connectivity index (χ1) is 10.4. The summed E-state index contributed by atoms with van der Waals surface area (Å²) < 4.78 is 5.51. The van der Waals surface area contributed by atoms with Gasteiger partial charge in [-0.2, -0.15) is 5.10 Å². The summed E-state index contributed by atoms with van der Waals surface area (Å²) in [6.07, 6.45) is 1.52. The minimum absolute atomic E-state index is 0.0929. The first kappa shape index (κ1) is 13.7. The Bertz CT molecular complexity index is 686. The number of aromatic nitrogens is 3. The molecule has 5 heteroatoms. The molecule has 0 spiro atoms. The number of rotatable bonds is 5. The molecule has 106 valence electrons. The minimum Gasteiger partial charge on any atom is -0.496 e. The summed E-state index contributed by atoms with van der Waals surface area (Å²) >= 11 is 1.62. The van der Waals surface area contributed by atoms with Crippen LogP contribution in [-0.2, 0) is 0 Å². The van der Waals surface area contributed by atoms with Gasteiger partial charge in [-0.05, 0) is 11.6 Å². The van der Waals surface area contributed by atoms with Gasteiger partial charge in [0.2, 0.25) is 0 Å². The zero-order valence-corrected chi connectivity index (χ0v) is 12.4. The second-order valence-corrected chi connectivity index (χ2v) is 5.53. The average molecular weight is 297 g/mol. The molecule has 1 atom stereocenters. The van der Waals surface area contributed by atoms with Gasteiger partial charge in [0, 0.05) is 5.56 Å². The maximum absolute atomic E-state index is 5.51. The molecule has 21 heavy (non-hydrogen) atoms. The summed E-state index contributed by atoms with van der Waals surface area (Å²) in [5.74, 6) is 0.873. The average Bonchev–Trinajstić information content (AvgIpc) is 3.06. The molecular weight excluding hydrogens is 282 g/mol. The van der Waals surface area contributed by atoms with Gasteiger partial charge in [-0.3, -0.25) is 5.10 Å². The standard InChI is InChI=1S/C16H15N3OS/c1-20-14-10-6-5-9-13(14)15(12-7-3-2-4-8-12)21-16-17-11-18-19-16/h2-11,15H,1H3,(H,17,18,19). The summed E-state index contributed by atoms with van der Waals surface area (Å²) in [6.45, 7) is 0. The number of aromatic amines is 1. The predicted octanol–water partition coefficient (Wildman–Crippen LogP) is 3.70. The van der Waals surface area contributed by atoms with E-state index in [9.17, 15) is 0 Å². The van der Waals surface area contributed by atoms with Crippen molar-refractivity contribution in [2.45, 2.75) is 10.4 Å². The number of para-hydroxylation sites is 1. The van der Waals surface area contributed by atoms with E-state index in [2.05, 4.69) is 33.4 Å². The Hall–Kier alpha value is -2.27. The highest BCUT2D eigenvalue weighted by Crippen LogP contribution is 2.42. The van der Waals surface area contributed by atoms with E-state index >= 15 is 0 Å². The number of methoxy groups -OCH3 is 1. The molecule has 0 saturated carbocycles. The molecule has 0 aliphatic carbocycles. The van der Waals surface area contributed by atoms with Gasteiger partial charge in [0.15, 0.2) is 5.16 Å². The summed E-state index contributed by atoms with van der Waals surface area (Å²) in [4.78, 5) is 4.22. The van der Waals surface area contributed by atoms with Crippen molar-refractivity contribution < 1.29 is 4.74 Å². The normalized spacial score (nSPS) is 12.0. The van der Waals surface area contributed by atoms with Gasteiger partial charge in [0.05, 0.1) is 12.4 Å². The monoisotopic (exact) mass is 297 g/mol. The van der Waals surface area contributed by atoms with Crippen molar-refractivity contribution in [3.63, 3.8) is 0 Å². The molecule has 0 aliphatic heterocycles. The Balaban J connectivity index is 2.03. The van der Waals surface area contributed by atoms with Crippen LogP contribution in [0.5, 0.6) is 5.75 Å². The highest BCUT2D eigenvalue weighted by Gasteiger charge is 2.20. The van der Waals surface area contributed by atoms with Crippen LogP contribution >= 0.6 is 11.8 Å². The number of H-pyrrole nitrogens is 1. The number of ether oxygens (including phenoxy) is 1. The lowest BCUT2D eigenvalue weighted by molar-refractivity contribution is 0.410. The van der Waals surface area contributed by atoms with Crippen molar-refractivity contribution in [1.82, 2.24) is 15.2 Å². The largest absolute Gasteiger partial charge is 0.496 e. The van der Waals surface area contributed by atoms with E-state index in [0.717, 1.165) is 16.5 Å². The van der Waals surface area contributed by atoms with Crippen molar-refractivity contribution in [2.75, 3.05) is 7.11 Å². The van der Waals surface area contributed by atoms with E-state index in [-0.39, 0.29) is 5.25 Å². The van der Waals surface area contributed by atoms with Crippen molar-refractivity contribution in [2.24, 2.45) is 0 Å². The molecule has 0 aliphatic rings. The molecule has 1 unspecified atom stereocenters. The zero-order chi connectivity index (χ0) is 14.5. The van der Waals surface area contributed by atoms with Crippen molar-refractivity contribution in [3.05, 3.63) is 72.1 Å². The second-order valence-electron chi connectivity index (χ2n) is 4.44. The van der Waals surface area contributed by atoms with Crippen molar-refractivity contribution in [3.8, 4) is 5.75 Å². The molecule has 0 radical (unpaired) electrons. The van der Waals surface area contributed by atoms with Gasteiger partial charge in [0.25, 0.3) is 0 Å². The van der Waals surface area contributed by atoms with Gasteiger partial charge in [-0.15, -0.1) is 0 Å². The fourth-order valence-electron chi connectivity index (χ4n) is 2.18. The molecule has 1 N–H and O–H groups in total. The van der Waals surface area contributed by atoms with E-state index in [1.165, 1.54) is 11.9 Å². The van der Waals surface area contributed by atoms with Gasteiger partial charge < -0.3 is 4.74 Å². The van der Waals surface area contributed by atoms with E-state index < -0.39 is 0 Å². The third kappa shape index (κ3) is 3.08. The molecule has 1 heterocycles. The first-order valence-electron chi connectivity index (χ1n) is 6.58. The molecule has 2 aromatic carbocycles. The van der Waals surface area contributed by atoms with Crippen LogP contribution in [0.2, 0.25) is 0 Å². The number of hydrogen-bond acceptors (Lipinski definition) is 4. The topological polar surface area (TPSA) is 50.8 Å². The summed E-state index contributed by atoms with van der Waals surface area (Å²) in [5, 5.41) is 7.70. The van der Waals surface area contributed by atoms with Gasteiger partial charge >= 0.3 is 0 Å². The molecule has 0 amide bonds. The lowest BCUT2D eigenvalue weighted by atomic mass is 10.0. The highest BCUT2D eigenvalue weighted by atomic mass is 32.2. The molecule has 0 bridgehead atoms. The maximum Gasteiger partial charge on any atom is 0.184 e. The third-order valence-corrected chi connectivity index (χ3v) is 4.33. The summed E-state index contributed by atoms with van der Waals surface area (Å²) in [7, 11) is 1.69. The molecule has 3 rings (SSSR count). The van der Waals surface area contributed by atoms with Crippen LogP contribution in [0.1, 0.15) is 16.4 Å². The van der Waals surface area contributed by atoms with Crippen molar-refractivity contribution >= 4 is 11.8 Å². The van der Waals surface area contributed by atoms with E-state index in [1.54, 1.807) is 18.9 Å². The Morgan fingerprint density at radius 2 is 1.81 bits per heavy atom. The maximum atomic E-state index is 5.51. The quantitative estimate of drug-likeness (QED) is 0.730. The van der Waals surface area contributed by atoms with E-state index in [4.69, 9.17) is 4.74 Å². The van der Waals surface area contributed by atoms with Crippen molar-refractivity contribution in [1.29, 1.82) is 0 Å². The lowest BCUT2D eigenvalue weighted by Crippen LogP contribution is -2.00. The minimum atomic E-state index is 0.0929. The van der Waals surface area contributed by atoms with Crippen LogP contribution in [0.15, 0.2) is 66.1 Å². The molecule has 1 aromatic heterocycles. The van der Waals surface area contributed by atoms with Crippen LogP contribution in [0.3, 0.4) is 0 Å². The fraction of sp³-hybridized carbons (Fsp3) is 0.125. The van der Waals surface area contributed by atoms with Crippen LogP contribution in [-0.4, -0.2) is 22.3 Å². The van der Waals surface area contributed by atoms with Gasteiger partial charge in [-0.1, -0.05) is 60.3 Å². The van der Waals surface area contributed by atoms with E-state index in [1.807, 2.05) is 36.4 Å². The Labute approximate surface area is 127 Å². The Morgan fingerprint density at radius 1 is 1.05 bits per heavy atom. The van der Waals surface area contributed by atoms with Crippen LogP contribution in [0.25, 0.3) is 0 Å². The number of nitrogens with one attached hydrogen (secondary N) is 1. The zero-order valence-electron chi connectivity index (χ0n) is 11.6. The third-order valence-electron chi connectivity index (χ3n) is 3.15. The molecular formula is C16H15N3OS. The molecule has 0 fully saturated rings. The van der Waals surface area contributed by atoms with E-state index in [0.29, 0.717) is 0 Å². The Morgan fingerprint density at radius 3 is 2.52 bits per heavy atom. The Kier molecular flexibility index (Phi) is 4.21. The van der Waals surface area contributed by atoms with Crippen LogP contribution < -0.4 is 4.74 Å². The number of thioether (sulfide) groups is 1. The smallest absolute Gasteiger partial charge is 0.184 e. The second kappa shape index (κ2) is 6.45. The van der Waals surface area contributed by atoms with Crippen LogP contribution in [0.4, 0.5) is 0 Å². The first-order valence-corrected chi connectivity index (χ1v) is 7.46. The predicted molar refractivity (Wildman–Crippen MR) is 83.5 cm³/mol.